The molecule has 0 aliphatic rings. The molecular weight excluding hydrogens is 234 g/mol. The van der Waals surface area contributed by atoms with E-state index >= 15 is 0 Å². The summed E-state index contributed by atoms with van der Waals surface area (Å²) in [5.74, 6) is 0.225. The molecule has 0 amide bonds. The monoisotopic (exact) mass is 251 g/mol. The van der Waals surface area contributed by atoms with Crippen LogP contribution >= 0.6 is 0 Å². The number of hydrogen-bond donors (Lipinski definition) is 1. The molecule has 5 heteroatoms. The maximum atomic E-state index is 11.1. The third kappa shape index (κ3) is 4.45. The van der Waals surface area contributed by atoms with Gasteiger partial charge in [0.15, 0.2) is 11.5 Å². The molecule has 0 saturated heterocycles. The van der Waals surface area contributed by atoms with Crippen molar-refractivity contribution in [1.82, 2.24) is 0 Å². The van der Waals surface area contributed by atoms with Gasteiger partial charge in [0.25, 0.3) is 0 Å². The number of ether oxygens (including phenoxy) is 2. The number of esters is 1. The van der Waals surface area contributed by atoms with E-state index in [9.17, 15) is 9.90 Å². The van der Waals surface area contributed by atoms with Gasteiger partial charge in [-0.25, -0.2) is 0 Å². The van der Waals surface area contributed by atoms with Crippen LogP contribution < -0.4 is 4.74 Å². The van der Waals surface area contributed by atoms with Gasteiger partial charge in [0.2, 0.25) is 0 Å². The van der Waals surface area contributed by atoms with E-state index in [-0.39, 0.29) is 18.1 Å². The number of aliphatic imine (C=N–C) groups is 1. The zero-order chi connectivity index (χ0) is 13.4. The summed E-state index contributed by atoms with van der Waals surface area (Å²) in [5, 5.41) is 9.41. The van der Waals surface area contributed by atoms with Crippen LogP contribution in [0, 0.1) is 0 Å². The Morgan fingerprint density at radius 1 is 1.50 bits per heavy atom. The molecule has 18 heavy (non-hydrogen) atoms. The molecule has 98 valence electrons. The van der Waals surface area contributed by atoms with Gasteiger partial charge in [0, 0.05) is 12.8 Å². The van der Waals surface area contributed by atoms with Crippen molar-refractivity contribution in [2.75, 3.05) is 20.3 Å². The Labute approximate surface area is 106 Å². The molecule has 1 aromatic carbocycles. The molecule has 5 nitrogen and oxygen atoms in total. The molecule has 0 unspecified atom stereocenters. The van der Waals surface area contributed by atoms with Crippen LogP contribution in [0.15, 0.2) is 23.2 Å². The number of aromatic hydroxyl groups is 1. The first-order valence-electron chi connectivity index (χ1n) is 5.69. The van der Waals surface area contributed by atoms with Gasteiger partial charge in [-0.1, -0.05) is 0 Å². The Morgan fingerprint density at radius 3 is 2.94 bits per heavy atom. The number of phenolic OH excluding ortho intramolecular Hbond substituents is 1. The van der Waals surface area contributed by atoms with Gasteiger partial charge in [-0.3, -0.25) is 9.79 Å². The molecule has 0 heterocycles. The zero-order valence-electron chi connectivity index (χ0n) is 10.5. The average molecular weight is 251 g/mol. The Balaban J connectivity index is 2.49. The Hall–Kier alpha value is -2.04. The summed E-state index contributed by atoms with van der Waals surface area (Å²) in [7, 11) is 1.48. The highest BCUT2D eigenvalue weighted by molar-refractivity contribution is 5.81. The van der Waals surface area contributed by atoms with Crippen LogP contribution in [-0.4, -0.2) is 37.6 Å². The van der Waals surface area contributed by atoms with Crippen LogP contribution in [0.3, 0.4) is 0 Å². The first-order valence-corrected chi connectivity index (χ1v) is 5.69. The van der Waals surface area contributed by atoms with Crippen molar-refractivity contribution in [3.63, 3.8) is 0 Å². The lowest BCUT2D eigenvalue weighted by molar-refractivity contribution is -0.142. The van der Waals surface area contributed by atoms with Crippen molar-refractivity contribution < 1.29 is 19.4 Å². The van der Waals surface area contributed by atoms with E-state index < -0.39 is 0 Å². The van der Waals surface area contributed by atoms with Crippen LogP contribution in [0.5, 0.6) is 11.5 Å². The minimum Gasteiger partial charge on any atom is -0.504 e. The number of nitrogens with zero attached hydrogens (tertiary/aromatic N) is 1. The van der Waals surface area contributed by atoms with E-state index in [1.165, 1.54) is 13.2 Å². The fourth-order valence-electron chi connectivity index (χ4n) is 1.33. The van der Waals surface area contributed by atoms with Crippen LogP contribution in [-0.2, 0) is 9.53 Å². The van der Waals surface area contributed by atoms with E-state index in [1.807, 2.05) is 0 Å². The molecule has 0 spiro atoms. The number of phenols is 1. The largest absolute Gasteiger partial charge is 0.504 e. The molecule has 0 fully saturated rings. The van der Waals surface area contributed by atoms with E-state index in [1.54, 1.807) is 25.3 Å². The van der Waals surface area contributed by atoms with Crippen molar-refractivity contribution in [2.45, 2.75) is 13.3 Å². The summed E-state index contributed by atoms with van der Waals surface area (Å²) in [4.78, 5) is 15.2. The van der Waals surface area contributed by atoms with Crippen molar-refractivity contribution in [1.29, 1.82) is 0 Å². The van der Waals surface area contributed by atoms with E-state index in [2.05, 4.69) is 4.99 Å². The van der Waals surface area contributed by atoms with Gasteiger partial charge in [0.05, 0.1) is 20.1 Å². The van der Waals surface area contributed by atoms with Crippen LogP contribution in [0.25, 0.3) is 0 Å². The Morgan fingerprint density at radius 2 is 2.28 bits per heavy atom. The van der Waals surface area contributed by atoms with Gasteiger partial charge in [-0.05, 0) is 30.7 Å². The lowest BCUT2D eigenvalue weighted by Gasteiger charge is -2.03. The number of rotatable bonds is 6. The van der Waals surface area contributed by atoms with Crippen LogP contribution in [0.4, 0.5) is 0 Å². The summed E-state index contributed by atoms with van der Waals surface area (Å²) in [6.07, 6.45) is 1.89. The summed E-state index contributed by atoms with van der Waals surface area (Å²) in [6, 6.07) is 4.92. The third-order valence-electron chi connectivity index (χ3n) is 2.19. The number of benzene rings is 1. The lowest BCUT2D eigenvalue weighted by Crippen LogP contribution is -2.05. The third-order valence-corrected chi connectivity index (χ3v) is 2.19. The second kappa shape index (κ2) is 7.32. The number of hydrogen-bond acceptors (Lipinski definition) is 5. The van der Waals surface area contributed by atoms with Gasteiger partial charge in [-0.2, -0.15) is 0 Å². The highest BCUT2D eigenvalue weighted by Gasteiger charge is 2.01. The van der Waals surface area contributed by atoms with Crippen molar-refractivity contribution in [3.05, 3.63) is 23.8 Å². The molecule has 0 bridgehead atoms. The molecular formula is C13H17NO4. The molecule has 0 aliphatic carbocycles. The minimum absolute atomic E-state index is 0.0844. The molecule has 0 saturated carbocycles. The molecule has 1 N–H and O–H groups in total. The van der Waals surface area contributed by atoms with Crippen molar-refractivity contribution >= 4 is 12.2 Å². The Kier molecular flexibility index (Phi) is 5.70. The number of carbonyl (C=O) groups excluding carboxylic acids is 1. The number of methoxy groups -OCH3 is 1. The highest BCUT2D eigenvalue weighted by Crippen LogP contribution is 2.25. The number of carbonyl (C=O) groups is 1. The Bertz CT molecular complexity index is 429. The topological polar surface area (TPSA) is 68.1 Å². The zero-order valence-corrected chi connectivity index (χ0v) is 10.5. The maximum absolute atomic E-state index is 11.1. The second-order valence-corrected chi connectivity index (χ2v) is 3.52. The summed E-state index contributed by atoms with van der Waals surface area (Å²) >= 11 is 0. The van der Waals surface area contributed by atoms with Gasteiger partial charge < -0.3 is 14.6 Å². The van der Waals surface area contributed by atoms with E-state index in [4.69, 9.17) is 9.47 Å². The van der Waals surface area contributed by atoms with Gasteiger partial charge in [0.1, 0.15) is 0 Å². The molecule has 0 radical (unpaired) electrons. The van der Waals surface area contributed by atoms with Crippen LogP contribution in [0.2, 0.25) is 0 Å². The first-order chi connectivity index (χ1) is 8.67. The van der Waals surface area contributed by atoms with Crippen molar-refractivity contribution in [3.8, 4) is 11.5 Å². The summed E-state index contributed by atoms with van der Waals surface area (Å²) in [6.45, 7) is 2.53. The van der Waals surface area contributed by atoms with Crippen molar-refractivity contribution in [2.24, 2.45) is 4.99 Å². The summed E-state index contributed by atoms with van der Waals surface area (Å²) in [5.41, 5.74) is 0.800. The minimum atomic E-state index is -0.252. The van der Waals surface area contributed by atoms with E-state index in [0.717, 1.165) is 5.56 Å². The fourth-order valence-corrected chi connectivity index (χ4v) is 1.33. The molecule has 0 atom stereocenters. The highest BCUT2D eigenvalue weighted by atomic mass is 16.5. The van der Waals surface area contributed by atoms with Crippen LogP contribution in [0.1, 0.15) is 18.9 Å². The maximum Gasteiger partial charge on any atom is 0.307 e. The predicted molar refractivity (Wildman–Crippen MR) is 68.4 cm³/mol. The smallest absolute Gasteiger partial charge is 0.307 e. The predicted octanol–water partition coefficient (Wildman–Crippen LogP) is 1.77. The lowest BCUT2D eigenvalue weighted by atomic mass is 10.2. The second-order valence-electron chi connectivity index (χ2n) is 3.52. The van der Waals surface area contributed by atoms with Gasteiger partial charge in [-0.15, -0.1) is 0 Å². The average Bonchev–Trinajstić information content (AvgIpc) is 2.37. The van der Waals surface area contributed by atoms with E-state index in [0.29, 0.717) is 18.9 Å². The normalized spacial score (nSPS) is 10.6. The van der Waals surface area contributed by atoms with Gasteiger partial charge >= 0.3 is 5.97 Å². The molecule has 0 aromatic heterocycles. The fraction of sp³-hybridized carbons (Fsp3) is 0.385. The summed E-state index contributed by atoms with van der Waals surface area (Å²) < 4.78 is 9.76. The molecule has 1 aromatic rings. The molecule has 1 rings (SSSR count). The standard InChI is InChI=1S/C13H17NO4/c1-3-18-13(16)6-7-14-9-10-4-5-11(15)12(8-10)17-2/h4-5,8-9,15H,3,6-7H2,1-2H3. The molecule has 0 aliphatic heterocycles. The SMILES string of the molecule is CCOC(=O)CCN=Cc1ccc(O)c(OC)c1. The first kappa shape index (κ1) is 14.0. The quantitative estimate of drug-likeness (QED) is 0.618.